The number of aromatic amines is 1. The van der Waals surface area contributed by atoms with Gasteiger partial charge in [-0.2, -0.15) is 0 Å². The van der Waals surface area contributed by atoms with Crippen LogP contribution in [0.25, 0.3) is 6.08 Å². The van der Waals surface area contributed by atoms with E-state index in [1.165, 1.54) is 0 Å². The first-order valence-corrected chi connectivity index (χ1v) is 3.57. The van der Waals surface area contributed by atoms with E-state index in [0.717, 1.165) is 11.4 Å². The van der Waals surface area contributed by atoms with Gasteiger partial charge in [-0.3, -0.25) is 0 Å². The Hall–Kier alpha value is -1.57. The normalized spacial score (nSPS) is 18.4. The number of aromatic nitrogens is 1. The third-order valence-electron chi connectivity index (χ3n) is 1.56. The minimum Gasteiger partial charge on any atom is -0.361 e. The van der Waals surface area contributed by atoms with Gasteiger partial charge >= 0.3 is 0 Å². The molecular formula is C9H9N2+. The molecule has 11 heavy (non-hydrogen) atoms. The van der Waals surface area contributed by atoms with Gasteiger partial charge in [0.05, 0.1) is 0 Å². The van der Waals surface area contributed by atoms with E-state index in [1.54, 1.807) is 0 Å². The van der Waals surface area contributed by atoms with Crippen molar-refractivity contribution in [1.29, 1.82) is 0 Å². The number of hydrogen-bond donors (Lipinski definition) is 2. The average Bonchev–Trinajstić information content (AvgIpc) is 2.60. The maximum Gasteiger partial charge on any atom is 0.205 e. The van der Waals surface area contributed by atoms with Crippen LogP contribution in [-0.2, 0) is 0 Å². The molecule has 2 heterocycles. The lowest BCUT2D eigenvalue weighted by Crippen LogP contribution is -2.63. The van der Waals surface area contributed by atoms with Gasteiger partial charge in [0.1, 0.15) is 0 Å². The highest BCUT2D eigenvalue weighted by Gasteiger charge is 1.99. The Bertz CT molecular complexity index is 301. The van der Waals surface area contributed by atoms with Crippen LogP contribution in [0.15, 0.2) is 36.2 Å². The van der Waals surface area contributed by atoms with Gasteiger partial charge in [-0.15, -0.1) is 0 Å². The van der Waals surface area contributed by atoms with Crippen molar-refractivity contribution >= 4 is 12.3 Å². The maximum atomic E-state index is 3.10. The van der Waals surface area contributed by atoms with Crippen molar-refractivity contribution in [3.8, 4) is 0 Å². The predicted octanol–water partition coefficient (Wildman–Crippen LogP) is 0.0768. The molecule has 0 unspecified atom stereocenters. The molecule has 0 aliphatic carbocycles. The van der Waals surface area contributed by atoms with Gasteiger partial charge in [-0.05, 0) is 12.1 Å². The standard InChI is InChI=1S/C9H8N2/c1-3-8(10-5-1)7-9-4-2-6-11-9/h1-7,10H/p+1/b9-7-. The second-order valence-electron chi connectivity index (χ2n) is 2.40. The SMILES string of the molecule is C1=C/C(=C/c2ccc[nH]2)[NH+]=C1. The Balaban J connectivity index is 2.28. The van der Waals surface area contributed by atoms with Crippen molar-refractivity contribution in [3.05, 3.63) is 41.9 Å². The molecule has 0 aromatic carbocycles. The molecule has 1 aromatic rings. The highest BCUT2D eigenvalue weighted by molar-refractivity contribution is 5.70. The molecule has 1 aromatic heterocycles. The summed E-state index contributed by atoms with van der Waals surface area (Å²) in [4.78, 5) is 6.20. The summed E-state index contributed by atoms with van der Waals surface area (Å²) >= 11 is 0. The third kappa shape index (κ3) is 1.29. The van der Waals surface area contributed by atoms with Gasteiger partial charge in [-0.25, -0.2) is 4.99 Å². The van der Waals surface area contributed by atoms with Crippen LogP contribution in [0.1, 0.15) is 5.69 Å². The lowest BCUT2D eigenvalue weighted by molar-refractivity contribution is -0.378. The summed E-state index contributed by atoms with van der Waals surface area (Å²) in [6, 6.07) is 4.01. The first kappa shape index (κ1) is 6.16. The van der Waals surface area contributed by atoms with Gasteiger partial charge in [-0.1, -0.05) is 0 Å². The van der Waals surface area contributed by atoms with Gasteiger partial charge in [0.15, 0.2) is 6.21 Å². The summed E-state index contributed by atoms with van der Waals surface area (Å²) < 4.78 is 0. The number of rotatable bonds is 1. The highest BCUT2D eigenvalue weighted by atomic mass is 14.7. The molecule has 2 N–H and O–H groups in total. The molecular weight excluding hydrogens is 136 g/mol. The predicted molar refractivity (Wildman–Crippen MR) is 44.9 cm³/mol. The molecule has 2 rings (SSSR count). The summed E-state index contributed by atoms with van der Waals surface area (Å²) in [5.74, 6) is 0. The lowest BCUT2D eigenvalue weighted by Gasteiger charge is -1.82. The zero-order valence-electron chi connectivity index (χ0n) is 6.04. The van der Waals surface area contributed by atoms with Crippen LogP contribution in [0.5, 0.6) is 0 Å². The molecule has 0 amide bonds. The topological polar surface area (TPSA) is 29.8 Å². The van der Waals surface area contributed by atoms with E-state index in [4.69, 9.17) is 0 Å². The Morgan fingerprint density at radius 2 is 2.45 bits per heavy atom. The van der Waals surface area contributed by atoms with E-state index < -0.39 is 0 Å². The highest BCUT2D eigenvalue weighted by Crippen LogP contribution is 2.00. The maximum absolute atomic E-state index is 3.10. The van der Waals surface area contributed by atoms with Crippen LogP contribution in [0.3, 0.4) is 0 Å². The molecule has 0 saturated heterocycles. The van der Waals surface area contributed by atoms with E-state index in [-0.39, 0.29) is 0 Å². The molecule has 2 nitrogen and oxygen atoms in total. The first-order chi connectivity index (χ1) is 5.45. The van der Waals surface area contributed by atoms with Crippen molar-refractivity contribution in [2.24, 2.45) is 0 Å². The van der Waals surface area contributed by atoms with Gasteiger partial charge in [0, 0.05) is 30.1 Å². The summed E-state index contributed by atoms with van der Waals surface area (Å²) in [5.41, 5.74) is 2.24. The summed E-state index contributed by atoms with van der Waals surface area (Å²) in [5, 5.41) is 0. The van der Waals surface area contributed by atoms with E-state index >= 15 is 0 Å². The van der Waals surface area contributed by atoms with E-state index in [0.29, 0.717) is 0 Å². The van der Waals surface area contributed by atoms with Crippen molar-refractivity contribution < 1.29 is 4.99 Å². The van der Waals surface area contributed by atoms with Crippen molar-refractivity contribution in [3.63, 3.8) is 0 Å². The molecule has 0 radical (unpaired) electrons. The largest absolute Gasteiger partial charge is 0.361 e. The van der Waals surface area contributed by atoms with Crippen LogP contribution < -0.4 is 4.99 Å². The van der Waals surface area contributed by atoms with E-state index in [2.05, 4.69) is 16.1 Å². The zero-order valence-corrected chi connectivity index (χ0v) is 6.04. The number of hydrogen-bond acceptors (Lipinski definition) is 0. The molecule has 0 saturated carbocycles. The summed E-state index contributed by atoms with van der Waals surface area (Å²) in [7, 11) is 0. The monoisotopic (exact) mass is 145 g/mol. The lowest BCUT2D eigenvalue weighted by atomic mass is 10.3. The molecule has 0 atom stereocenters. The molecule has 1 aliphatic rings. The smallest absolute Gasteiger partial charge is 0.205 e. The van der Waals surface area contributed by atoms with Crippen molar-refractivity contribution in [2.45, 2.75) is 0 Å². The molecule has 0 spiro atoms. The second kappa shape index (κ2) is 2.58. The fourth-order valence-electron chi connectivity index (χ4n) is 1.04. The minimum atomic E-state index is 1.12. The molecule has 0 fully saturated rings. The van der Waals surface area contributed by atoms with Crippen LogP contribution in [-0.4, -0.2) is 11.2 Å². The average molecular weight is 145 g/mol. The van der Waals surface area contributed by atoms with Crippen molar-refractivity contribution in [2.75, 3.05) is 0 Å². The fraction of sp³-hybridized carbons (Fsp3) is 0. The van der Waals surface area contributed by atoms with Crippen molar-refractivity contribution in [1.82, 2.24) is 4.98 Å². The minimum absolute atomic E-state index is 1.12. The summed E-state index contributed by atoms with van der Waals surface area (Å²) in [6.45, 7) is 0. The van der Waals surface area contributed by atoms with E-state index in [1.807, 2.05) is 36.7 Å². The molecule has 0 bridgehead atoms. The number of H-pyrrole nitrogens is 1. The molecule has 54 valence electrons. The quantitative estimate of drug-likeness (QED) is 0.560. The van der Waals surface area contributed by atoms with Crippen LogP contribution in [0.2, 0.25) is 0 Å². The Labute approximate surface area is 65.0 Å². The second-order valence-corrected chi connectivity index (χ2v) is 2.40. The van der Waals surface area contributed by atoms with Gasteiger partial charge in [0.25, 0.3) is 0 Å². The van der Waals surface area contributed by atoms with E-state index in [9.17, 15) is 0 Å². The van der Waals surface area contributed by atoms with Crippen LogP contribution >= 0.6 is 0 Å². The first-order valence-electron chi connectivity index (χ1n) is 3.57. The number of allylic oxidation sites excluding steroid dienone is 2. The zero-order chi connectivity index (χ0) is 7.52. The molecule has 2 heteroatoms. The van der Waals surface area contributed by atoms with Gasteiger partial charge < -0.3 is 4.98 Å². The van der Waals surface area contributed by atoms with Crippen LogP contribution in [0.4, 0.5) is 0 Å². The Kier molecular flexibility index (Phi) is 1.44. The van der Waals surface area contributed by atoms with Crippen LogP contribution in [0, 0.1) is 0 Å². The fourth-order valence-corrected chi connectivity index (χ4v) is 1.04. The van der Waals surface area contributed by atoms with Gasteiger partial charge in [0.2, 0.25) is 5.70 Å². The molecule has 1 aliphatic heterocycles. The Morgan fingerprint density at radius 1 is 1.45 bits per heavy atom. The third-order valence-corrected chi connectivity index (χ3v) is 1.56. The number of nitrogens with one attached hydrogen (secondary N) is 2. The summed E-state index contributed by atoms with van der Waals surface area (Å²) in [6.07, 6.45) is 9.89. The Morgan fingerprint density at radius 3 is 3.09 bits per heavy atom.